The van der Waals surface area contributed by atoms with Gasteiger partial charge >= 0.3 is 0 Å². The molecule has 9 nitrogen and oxygen atoms in total. The summed E-state index contributed by atoms with van der Waals surface area (Å²) in [7, 11) is -4.03. The molecule has 0 unspecified atom stereocenters. The van der Waals surface area contributed by atoms with Gasteiger partial charge in [0, 0.05) is 0 Å². The zero-order valence-electron chi connectivity index (χ0n) is 24.4. The molecule has 0 aliphatic carbocycles. The number of halogens is 1. The molecule has 232 valence electrons. The van der Waals surface area contributed by atoms with E-state index in [0.29, 0.717) is 22.0 Å². The molecule has 0 fully saturated rings. The van der Waals surface area contributed by atoms with Gasteiger partial charge in [-0.05, 0) is 71.8 Å². The summed E-state index contributed by atoms with van der Waals surface area (Å²) in [6, 6.07) is 37.4. The van der Waals surface area contributed by atoms with Gasteiger partial charge in [-0.3, -0.25) is 13.9 Å². The molecule has 5 aromatic rings. The van der Waals surface area contributed by atoms with Crippen LogP contribution in [-0.4, -0.2) is 33.1 Å². The van der Waals surface area contributed by atoms with Crippen molar-refractivity contribution in [2.75, 3.05) is 16.2 Å². The predicted molar refractivity (Wildman–Crippen MR) is 180 cm³/mol. The molecular weight excluding hydrogens is 624 g/mol. The summed E-state index contributed by atoms with van der Waals surface area (Å²) in [4.78, 5) is 25.6. The van der Waals surface area contributed by atoms with Crippen LogP contribution in [0.5, 0.6) is 5.75 Å². The maximum Gasteiger partial charge on any atom is 0.273 e. The number of sulfonamides is 1. The van der Waals surface area contributed by atoms with E-state index >= 15 is 0 Å². The minimum Gasteiger partial charge on any atom is -0.484 e. The van der Waals surface area contributed by atoms with Crippen molar-refractivity contribution in [3.8, 4) is 5.75 Å². The van der Waals surface area contributed by atoms with Gasteiger partial charge in [0.15, 0.2) is 6.61 Å². The standard InChI is InChI=1S/C35H29ClN4O5S/c36-31-16-8-9-17-32(31)38-34(41)25-45-28-21-19-26(20-22-28)23-37-39-35(42)30-15-7-10-18-33(30)40(24-27-11-3-1-4-12-27)46(43,44)29-13-5-2-6-14-29/h1-23H,24-25H2,(H,38,41)(H,39,42)/b37-23-. The third-order valence-corrected chi connectivity index (χ3v) is 8.80. The average molecular weight is 653 g/mol. The Morgan fingerprint density at radius 2 is 1.41 bits per heavy atom. The lowest BCUT2D eigenvalue weighted by molar-refractivity contribution is -0.118. The number of nitrogens with zero attached hydrogens (tertiary/aromatic N) is 2. The summed E-state index contributed by atoms with van der Waals surface area (Å²) in [6.07, 6.45) is 1.44. The van der Waals surface area contributed by atoms with Gasteiger partial charge in [0.05, 0.1) is 39.6 Å². The lowest BCUT2D eigenvalue weighted by Gasteiger charge is -2.26. The molecule has 0 saturated carbocycles. The minimum atomic E-state index is -4.03. The fraction of sp³-hybridized carbons (Fsp3) is 0.0571. The van der Waals surface area contributed by atoms with Gasteiger partial charge in [-0.2, -0.15) is 5.10 Å². The third kappa shape index (κ3) is 8.17. The summed E-state index contributed by atoms with van der Waals surface area (Å²) in [5.41, 5.74) is 4.74. The monoisotopic (exact) mass is 652 g/mol. The van der Waals surface area contributed by atoms with E-state index in [-0.39, 0.29) is 35.2 Å². The van der Waals surface area contributed by atoms with Crippen molar-refractivity contribution >= 4 is 51.0 Å². The molecule has 0 atom stereocenters. The first-order valence-electron chi connectivity index (χ1n) is 14.1. The van der Waals surface area contributed by atoms with Crippen molar-refractivity contribution in [1.82, 2.24) is 5.43 Å². The Kier molecular flexibility index (Phi) is 10.4. The van der Waals surface area contributed by atoms with E-state index in [9.17, 15) is 18.0 Å². The average Bonchev–Trinajstić information content (AvgIpc) is 3.08. The summed E-state index contributed by atoms with van der Waals surface area (Å²) >= 11 is 6.07. The Bertz CT molecular complexity index is 1940. The van der Waals surface area contributed by atoms with Crippen molar-refractivity contribution < 1.29 is 22.7 Å². The maximum absolute atomic E-state index is 13.8. The maximum atomic E-state index is 13.8. The van der Waals surface area contributed by atoms with Gasteiger partial charge in [-0.1, -0.05) is 84.4 Å². The van der Waals surface area contributed by atoms with E-state index in [1.54, 1.807) is 91.0 Å². The van der Waals surface area contributed by atoms with Crippen molar-refractivity contribution in [1.29, 1.82) is 0 Å². The number of carbonyl (C=O) groups excluding carboxylic acids is 2. The Balaban J connectivity index is 1.26. The number of benzene rings is 5. The van der Waals surface area contributed by atoms with Crippen LogP contribution in [0, 0.1) is 0 Å². The molecule has 46 heavy (non-hydrogen) atoms. The second kappa shape index (κ2) is 15.0. The highest BCUT2D eigenvalue weighted by molar-refractivity contribution is 7.92. The lowest BCUT2D eigenvalue weighted by atomic mass is 10.1. The number of rotatable bonds is 12. The van der Waals surface area contributed by atoms with Gasteiger partial charge in [0.25, 0.3) is 21.8 Å². The van der Waals surface area contributed by atoms with Crippen LogP contribution in [0.15, 0.2) is 143 Å². The Morgan fingerprint density at radius 1 is 0.783 bits per heavy atom. The summed E-state index contributed by atoms with van der Waals surface area (Å²) in [6.45, 7) is -0.197. The Labute approximate surface area is 272 Å². The number of hydrogen-bond donors (Lipinski definition) is 2. The highest BCUT2D eigenvalue weighted by Gasteiger charge is 2.28. The van der Waals surface area contributed by atoms with Gasteiger partial charge in [-0.15, -0.1) is 0 Å². The predicted octanol–water partition coefficient (Wildman–Crippen LogP) is 6.52. The highest BCUT2D eigenvalue weighted by Crippen LogP contribution is 2.29. The molecule has 2 N–H and O–H groups in total. The SMILES string of the molecule is O=C(COc1ccc(/C=N\NC(=O)c2ccccc2N(Cc2ccccc2)S(=O)(=O)c2ccccc2)cc1)Nc1ccccc1Cl. The normalized spacial score (nSPS) is 11.2. The van der Waals surface area contributed by atoms with E-state index in [1.807, 2.05) is 30.3 Å². The van der Waals surface area contributed by atoms with Crippen molar-refractivity contribution in [2.45, 2.75) is 11.4 Å². The molecule has 5 rings (SSSR count). The van der Waals surface area contributed by atoms with Crippen LogP contribution >= 0.6 is 11.6 Å². The summed E-state index contributed by atoms with van der Waals surface area (Å²) in [5.74, 6) is -0.485. The minimum absolute atomic E-state index is 0.0156. The molecule has 0 saturated heterocycles. The largest absolute Gasteiger partial charge is 0.484 e. The molecule has 0 bridgehead atoms. The number of carbonyl (C=O) groups is 2. The number of para-hydroxylation sites is 2. The molecule has 0 spiro atoms. The molecule has 5 aromatic carbocycles. The van der Waals surface area contributed by atoms with Crippen LogP contribution in [-0.2, 0) is 21.4 Å². The van der Waals surface area contributed by atoms with E-state index < -0.39 is 15.9 Å². The molecule has 11 heteroatoms. The Hall–Kier alpha value is -5.45. The number of hydrazone groups is 1. The number of amides is 2. The second-order valence-electron chi connectivity index (χ2n) is 9.91. The topological polar surface area (TPSA) is 117 Å². The van der Waals surface area contributed by atoms with Crippen LogP contribution in [0.2, 0.25) is 5.02 Å². The second-order valence-corrected chi connectivity index (χ2v) is 12.2. The van der Waals surface area contributed by atoms with Crippen molar-refractivity contribution in [3.05, 3.63) is 155 Å². The van der Waals surface area contributed by atoms with E-state index in [2.05, 4.69) is 15.8 Å². The third-order valence-electron chi connectivity index (χ3n) is 6.70. The number of ether oxygens (including phenoxy) is 1. The number of anilines is 2. The first-order chi connectivity index (χ1) is 22.3. The van der Waals surface area contributed by atoms with Crippen LogP contribution < -0.4 is 19.8 Å². The quantitative estimate of drug-likeness (QED) is 0.118. The fourth-order valence-corrected chi connectivity index (χ4v) is 6.10. The van der Waals surface area contributed by atoms with E-state index in [1.165, 1.54) is 22.7 Å². The van der Waals surface area contributed by atoms with Crippen LogP contribution in [0.4, 0.5) is 11.4 Å². The van der Waals surface area contributed by atoms with Crippen LogP contribution in [0.25, 0.3) is 0 Å². The molecule has 0 radical (unpaired) electrons. The van der Waals surface area contributed by atoms with Crippen molar-refractivity contribution in [2.24, 2.45) is 5.10 Å². The number of nitrogens with one attached hydrogen (secondary N) is 2. The first-order valence-corrected chi connectivity index (χ1v) is 15.9. The molecule has 0 aromatic heterocycles. The highest BCUT2D eigenvalue weighted by atomic mass is 35.5. The van der Waals surface area contributed by atoms with Gasteiger partial charge in [0.2, 0.25) is 0 Å². The van der Waals surface area contributed by atoms with Gasteiger partial charge in [-0.25, -0.2) is 13.8 Å². The van der Waals surface area contributed by atoms with Crippen LogP contribution in [0.3, 0.4) is 0 Å². The van der Waals surface area contributed by atoms with Gasteiger partial charge < -0.3 is 10.1 Å². The fourth-order valence-electron chi connectivity index (χ4n) is 4.43. The smallest absolute Gasteiger partial charge is 0.273 e. The summed E-state index contributed by atoms with van der Waals surface area (Å²) in [5, 5.41) is 7.19. The molecule has 2 amide bonds. The lowest BCUT2D eigenvalue weighted by Crippen LogP contribution is -2.33. The summed E-state index contributed by atoms with van der Waals surface area (Å²) < 4.78 is 34.5. The zero-order chi connectivity index (χ0) is 32.4. The molecule has 0 heterocycles. The molecular formula is C35H29ClN4O5S. The van der Waals surface area contributed by atoms with E-state index in [0.717, 1.165) is 5.56 Å². The zero-order valence-corrected chi connectivity index (χ0v) is 26.0. The van der Waals surface area contributed by atoms with Crippen molar-refractivity contribution in [3.63, 3.8) is 0 Å². The Morgan fingerprint density at radius 3 is 2.13 bits per heavy atom. The number of hydrogen-bond acceptors (Lipinski definition) is 6. The molecule has 0 aliphatic heterocycles. The van der Waals surface area contributed by atoms with E-state index in [4.69, 9.17) is 16.3 Å². The van der Waals surface area contributed by atoms with Crippen LogP contribution in [0.1, 0.15) is 21.5 Å². The molecule has 0 aliphatic rings. The first kappa shape index (κ1) is 32.0. The van der Waals surface area contributed by atoms with Gasteiger partial charge in [0.1, 0.15) is 5.75 Å².